The quantitative estimate of drug-likeness (QED) is 0.778. The van der Waals surface area contributed by atoms with E-state index < -0.39 is 16.2 Å². The molecule has 0 bridgehead atoms. The molecule has 1 aliphatic rings. The van der Waals surface area contributed by atoms with Crippen LogP contribution in [0.15, 0.2) is 59.5 Å². The SMILES string of the molecule is Cc1ccc(S(=O)(=O)OCC2COCC(c3ccccc3)O2)cc1. The molecule has 0 saturated carbocycles. The van der Waals surface area contributed by atoms with Crippen molar-refractivity contribution in [3.05, 3.63) is 65.7 Å². The van der Waals surface area contributed by atoms with E-state index in [0.717, 1.165) is 11.1 Å². The summed E-state index contributed by atoms with van der Waals surface area (Å²) in [6, 6.07) is 16.3. The molecule has 1 saturated heterocycles. The van der Waals surface area contributed by atoms with Crippen LogP contribution in [0.3, 0.4) is 0 Å². The molecule has 0 aromatic heterocycles. The maximum Gasteiger partial charge on any atom is 0.297 e. The van der Waals surface area contributed by atoms with Gasteiger partial charge >= 0.3 is 0 Å². The average molecular weight is 348 g/mol. The Morgan fingerprint density at radius 1 is 1.04 bits per heavy atom. The third kappa shape index (κ3) is 4.21. The van der Waals surface area contributed by atoms with E-state index in [-0.39, 0.29) is 17.6 Å². The normalized spacial score (nSPS) is 21.5. The monoisotopic (exact) mass is 348 g/mol. The molecule has 1 heterocycles. The van der Waals surface area contributed by atoms with E-state index >= 15 is 0 Å². The first-order valence-corrected chi connectivity index (χ1v) is 9.20. The molecule has 2 aromatic rings. The molecule has 2 aromatic carbocycles. The Balaban J connectivity index is 1.61. The minimum Gasteiger partial charge on any atom is -0.376 e. The van der Waals surface area contributed by atoms with E-state index in [1.165, 1.54) is 12.1 Å². The Hall–Kier alpha value is -1.73. The highest BCUT2D eigenvalue weighted by Gasteiger charge is 2.26. The van der Waals surface area contributed by atoms with E-state index in [1.54, 1.807) is 12.1 Å². The molecule has 1 fully saturated rings. The van der Waals surface area contributed by atoms with Gasteiger partial charge in [0.25, 0.3) is 10.1 Å². The summed E-state index contributed by atoms with van der Waals surface area (Å²) in [6.45, 7) is 2.59. The van der Waals surface area contributed by atoms with Gasteiger partial charge in [0.2, 0.25) is 0 Å². The van der Waals surface area contributed by atoms with Crippen LogP contribution in [0.4, 0.5) is 0 Å². The highest BCUT2D eigenvalue weighted by molar-refractivity contribution is 7.86. The Morgan fingerprint density at radius 3 is 2.46 bits per heavy atom. The second-order valence-electron chi connectivity index (χ2n) is 5.75. The van der Waals surface area contributed by atoms with Gasteiger partial charge in [0.15, 0.2) is 0 Å². The molecule has 128 valence electrons. The average Bonchev–Trinajstić information content (AvgIpc) is 2.61. The molecule has 5 nitrogen and oxygen atoms in total. The molecule has 3 rings (SSSR count). The molecular formula is C18H20O5S. The lowest BCUT2D eigenvalue weighted by molar-refractivity contribution is -0.149. The maximum absolute atomic E-state index is 12.2. The van der Waals surface area contributed by atoms with Crippen LogP contribution < -0.4 is 0 Å². The summed E-state index contributed by atoms with van der Waals surface area (Å²) in [5, 5.41) is 0. The third-order valence-corrected chi connectivity index (χ3v) is 5.12. The van der Waals surface area contributed by atoms with Crippen LogP contribution >= 0.6 is 0 Å². The van der Waals surface area contributed by atoms with Crippen molar-refractivity contribution in [2.24, 2.45) is 0 Å². The molecule has 1 aliphatic heterocycles. The van der Waals surface area contributed by atoms with E-state index in [2.05, 4.69) is 0 Å². The largest absolute Gasteiger partial charge is 0.376 e. The van der Waals surface area contributed by atoms with Crippen molar-refractivity contribution >= 4 is 10.1 Å². The Morgan fingerprint density at radius 2 is 1.75 bits per heavy atom. The van der Waals surface area contributed by atoms with Crippen LogP contribution in [0.2, 0.25) is 0 Å². The highest BCUT2D eigenvalue weighted by atomic mass is 32.2. The summed E-state index contributed by atoms with van der Waals surface area (Å²) in [4.78, 5) is 0.143. The lowest BCUT2D eigenvalue weighted by atomic mass is 10.1. The summed E-state index contributed by atoms with van der Waals surface area (Å²) in [7, 11) is -3.79. The second kappa shape index (κ2) is 7.44. The topological polar surface area (TPSA) is 61.8 Å². The summed E-state index contributed by atoms with van der Waals surface area (Å²) >= 11 is 0. The van der Waals surface area contributed by atoms with Crippen LogP contribution in [-0.2, 0) is 23.8 Å². The zero-order chi connectivity index (χ0) is 17.0. The first-order valence-electron chi connectivity index (χ1n) is 7.79. The van der Waals surface area contributed by atoms with Gasteiger partial charge in [-0.1, -0.05) is 48.0 Å². The lowest BCUT2D eigenvalue weighted by Gasteiger charge is -2.30. The van der Waals surface area contributed by atoms with Gasteiger partial charge in [-0.15, -0.1) is 0 Å². The highest BCUT2D eigenvalue weighted by Crippen LogP contribution is 2.24. The third-order valence-electron chi connectivity index (χ3n) is 3.82. The number of hydrogen-bond donors (Lipinski definition) is 0. The predicted octanol–water partition coefficient (Wildman–Crippen LogP) is 2.86. The molecule has 0 N–H and O–H groups in total. The van der Waals surface area contributed by atoms with Crippen LogP contribution in [0.1, 0.15) is 17.2 Å². The number of rotatable bonds is 5. The number of ether oxygens (including phenoxy) is 2. The van der Waals surface area contributed by atoms with E-state index in [9.17, 15) is 8.42 Å². The fourth-order valence-corrected chi connectivity index (χ4v) is 3.42. The fourth-order valence-electron chi connectivity index (χ4n) is 2.49. The van der Waals surface area contributed by atoms with Gasteiger partial charge in [0.1, 0.15) is 12.2 Å². The molecule has 24 heavy (non-hydrogen) atoms. The Bertz CT molecular complexity index is 756. The summed E-state index contributed by atoms with van der Waals surface area (Å²) in [6.07, 6.45) is -0.639. The minimum absolute atomic E-state index is 0.0699. The standard InChI is InChI=1S/C18H20O5S/c1-14-7-9-17(10-8-14)24(19,20)22-12-16-11-21-13-18(23-16)15-5-3-2-4-6-15/h2-10,16,18H,11-13H2,1H3. The summed E-state index contributed by atoms with van der Waals surface area (Å²) in [5.74, 6) is 0. The molecule has 2 unspecified atom stereocenters. The van der Waals surface area contributed by atoms with E-state index in [0.29, 0.717) is 13.2 Å². The van der Waals surface area contributed by atoms with Gasteiger partial charge in [-0.25, -0.2) is 0 Å². The molecule has 0 radical (unpaired) electrons. The maximum atomic E-state index is 12.2. The van der Waals surface area contributed by atoms with Gasteiger partial charge in [-0.05, 0) is 24.6 Å². The van der Waals surface area contributed by atoms with Gasteiger partial charge < -0.3 is 9.47 Å². The van der Waals surface area contributed by atoms with Gasteiger partial charge in [-0.3, -0.25) is 4.18 Å². The lowest BCUT2D eigenvalue weighted by Crippen LogP contribution is -2.35. The zero-order valence-electron chi connectivity index (χ0n) is 13.4. The first kappa shape index (κ1) is 17.1. The van der Waals surface area contributed by atoms with Gasteiger partial charge in [-0.2, -0.15) is 8.42 Å². The second-order valence-corrected chi connectivity index (χ2v) is 7.36. The molecule has 6 heteroatoms. The van der Waals surface area contributed by atoms with Crippen molar-refractivity contribution < 1.29 is 22.1 Å². The van der Waals surface area contributed by atoms with E-state index in [4.69, 9.17) is 13.7 Å². The Kier molecular flexibility index (Phi) is 5.30. The van der Waals surface area contributed by atoms with E-state index in [1.807, 2.05) is 37.3 Å². The van der Waals surface area contributed by atoms with Crippen LogP contribution in [0, 0.1) is 6.92 Å². The van der Waals surface area contributed by atoms with Crippen molar-refractivity contribution in [2.75, 3.05) is 19.8 Å². The number of benzene rings is 2. The number of hydrogen-bond acceptors (Lipinski definition) is 5. The molecule has 0 spiro atoms. The molecule has 0 aliphatic carbocycles. The van der Waals surface area contributed by atoms with Crippen molar-refractivity contribution in [3.63, 3.8) is 0 Å². The Labute approximate surface area is 142 Å². The summed E-state index contributed by atoms with van der Waals surface area (Å²) in [5.41, 5.74) is 1.99. The van der Waals surface area contributed by atoms with Gasteiger partial charge in [0.05, 0.1) is 24.7 Å². The van der Waals surface area contributed by atoms with Crippen molar-refractivity contribution in [2.45, 2.75) is 24.0 Å². The van der Waals surface area contributed by atoms with Crippen molar-refractivity contribution in [1.29, 1.82) is 0 Å². The predicted molar refractivity (Wildman–Crippen MR) is 89.2 cm³/mol. The number of aryl methyl sites for hydroxylation is 1. The smallest absolute Gasteiger partial charge is 0.297 e. The van der Waals surface area contributed by atoms with Crippen molar-refractivity contribution in [1.82, 2.24) is 0 Å². The summed E-state index contributed by atoms with van der Waals surface area (Å²) < 4.78 is 41.0. The zero-order valence-corrected chi connectivity index (χ0v) is 14.2. The molecule has 2 atom stereocenters. The van der Waals surface area contributed by atoms with Gasteiger partial charge in [0, 0.05) is 0 Å². The molecule has 0 amide bonds. The minimum atomic E-state index is -3.79. The molecular weight excluding hydrogens is 328 g/mol. The van der Waals surface area contributed by atoms with Crippen LogP contribution in [0.25, 0.3) is 0 Å². The first-order chi connectivity index (χ1) is 11.5. The van der Waals surface area contributed by atoms with Crippen LogP contribution in [0.5, 0.6) is 0 Å². The fraction of sp³-hybridized carbons (Fsp3) is 0.333. The van der Waals surface area contributed by atoms with Crippen LogP contribution in [-0.4, -0.2) is 34.3 Å². The van der Waals surface area contributed by atoms with Crippen molar-refractivity contribution in [3.8, 4) is 0 Å².